The number of hydrogen-bond donors (Lipinski definition) is 1. The number of aryl methyl sites for hydroxylation is 1. The Labute approximate surface area is 175 Å². The molecular formula is C22H26N4O4. The van der Waals surface area contributed by atoms with E-state index < -0.39 is 10.8 Å². The zero-order chi connectivity index (χ0) is 21.7. The number of benzene rings is 2. The number of carbonyl (C=O) groups excluding carboxylic acids is 2. The van der Waals surface area contributed by atoms with Crippen LogP contribution in [0.15, 0.2) is 42.5 Å². The molecule has 0 radical (unpaired) electrons. The van der Waals surface area contributed by atoms with Gasteiger partial charge >= 0.3 is 0 Å². The van der Waals surface area contributed by atoms with Gasteiger partial charge in [0.1, 0.15) is 0 Å². The molecular weight excluding hydrogens is 384 g/mol. The van der Waals surface area contributed by atoms with Crippen LogP contribution in [0.2, 0.25) is 0 Å². The lowest BCUT2D eigenvalue weighted by molar-refractivity contribution is -0.385. The van der Waals surface area contributed by atoms with Crippen LogP contribution in [0.4, 0.5) is 11.4 Å². The quantitative estimate of drug-likeness (QED) is 0.557. The molecule has 1 heterocycles. The molecule has 8 nitrogen and oxygen atoms in total. The van der Waals surface area contributed by atoms with Gasteiger partial charge in [-0.1, -0.05) is 17.7 Å². The van der Waals surface area contributed by atoms with Crippen LogP contribution in [0.1, 0.15) is 40.7 Å². The molecule has 2 aromatic rings. The Morgan fingerprint density at radius 2 is 1.77 bits per heavy atom. The summed E-state index contributed by atoms with van der Waals surface area (Å²) in [5.74, 6) is -0.716. The largest absolute Gasteiger partial charge is 0.366 e. The van der Waals surface area contributed by atoms with E-state index in [0.29, 0.717) is 5.56 Å². The van der Waals surface area contributed by atoms with Gasteiger partial charge in [0.15, 0.2) is 0 Å². The summed E-state index contributed by atoms with van der Waals surface area (Å²) in [6, 6.07) is 11.9. The standard InChI is InChI=1S/C22H26N4O4/c1-16-5-9-19(10-6-16)25(15-21(27)24-11-3-2-4-12-24)14-18-8-7-17(22(23)28)13-20(18)26(29)30/h5-10,13H,2-4,11-12,14-15H2,1H3,(H2,23,28). The molecule has 2 N–H and O–H groups in total. The maximum atomic E-state index is 12.9. The van der Waals surface area contributed by atoms with Crippen molar-refractivity contribution in [2.75, 3.05) is 24.5 Å². The van der Waals surface area contributed by atoms with E-state index in [0.717, 1.165) is 43.6 Å². The lowest BCUT2D eigenvalue weighted by atomic mass is 10.1. The second-order valence-electron chi connectivity index (χ2n) is 7.60. The number of nitro benzene ring substituents is 1. The number of nitro groups is 1. The smallest absolute Gasteiger partial charge is 0.275 e. The third-order valence-corrected chi connectivity index (χ3v) is 5.36. The van der Waals surface area contributed by atoms with Gasteiger partial charge in [-0.2, -0.15) is 0 Å². The average molecular weight is 410 g/mol. The molecule has 0 bridgehead atoms. The molecule has 2 amide bonds. The highest BCUT2D eigenvalue weighted by Crippen LogP contribution is 2.25. The number of nitrogens with two attached hydrogens (primary N) is 1. The van der Waals surface area contributed by atoms with Crippen LogP contribution >= 0.6 is 0 Å². The number of rotatable bonds is 7. The summed E-state index contributed by atoms with van der Waals surface area (Å²) >= 11 is 0. The average Bonchev–Trinajstić information content (AvgIpc) is 2.74. The molecule has 0 aliphatic carbocycles. The Morgan fingerprint density at radius 1 is 1.10 bits per heavy atom. The Kier molecular flexibility index (Phi) is 6.66. The van der Waals surface area contributed by atoms with Crippen molar-refractivity contribution in [3.63, 3.8) is 0 Å². The van der Waals surface area contributed by atoms with E-state index in [1.165, 1.54) is 18.2 Å². The van der Waals surface area contributed by atoms with Crippen LogP contribution in [0.25, 0.3) is 0 Å². The molecule has 0 spiro atoms. The van der Waals surface area contributed by atoms with Crippen LogP contribution < -0.4 is 10.6 Å². The number of nitrogens with zero attached hydrogens (tertiary/aromatic N) is 3. The first-order valence-corrected chi connectivity index (χ1v) is 10.0. The molecule has 1 aliphatic heterocycles. The fraction of sp³-hybridized carbons (Fsp3) is 0.364. The Balaban J connectivity index is 1.90. The van der Waals surface area contributed by atoms with Gasteiger partial charge in [-0.15, -0.1) is 0 Å². The van der Waals surface area contributed by atoms with E-state index in [1.54, 1.807) is 0 Å². The van der Waals surface area contributed by atoms with Crippen LogP contribution in [-0.4, -0.2) is 41.3 Å². The lowest BCUT2D eigenvalue weighted by Crippen LogP contribution is -2.42. The predicted octanol–water partition coefficient (Wildman–Crippen LogP) is 3.02. The number of anilines is 1. The zero-order valence-electron chi connectivity index (χ0n) is 17.0. The van der Waals surface area contributed by atoms with Crippen LogP contribution in [-0.2, 0) is 11.3 Å². The lowest BCUT2D eigenvalue weighted by Gasteiger charge is -2.31. The van der Waals surface area contributed by atoms with E-state index in [9.17, 15) is 19.7 Å². The summed E-state index contributed by atoms with van der Waals surface area (Å²) in [4.78, 5) is 39.1. The van der Waals surface area contributed by atoms with Gasteiger partial charge in [0.25, 0.3) is 5.69 Å². The van der Waals surface area contributed by atoms with Gasteiger partial charge in [0.2, 0.25) is 11.8 Å². The molecule has 0 unspecified atom stereocenters. The molecule has 0 atom stereocenters. The minimum absolute atomic E-state index is 0.00619. The predicted molar refractivity (Wildman–Crippen MR) is 114 cm³/mol. The van der Waals surface area contributed by atoms with E-state index in [2.05, 4.69) is 0 Å². The highest BCUT2D eigenvalue weighted by Gasteiger charge is 2.23. The zero-order valence-corrected chi connectivity index (χ0v) is 17.0. The Hall–Kier alpha value is -3.42. The molecule has 8 heteroatoms. The van der Waals surface area contributed by atoms with Crippen molar-refractivity contribution in [3.8, 4) is 0 Å². The molecule has 1 fully saturated rings. The van der Waals surface area contributed by atoms with Gasteiger partial charge in [-0.05, 0) is 50.5 Å². The summed E-state index contributed by atoms with van der Waals surface area (Å²) in [5.41, 5.74) is 7.46. The van der Waals surface area contributed by atoms with Gasteiger partial charge in [0.05, 0.1) is 18.0 Å². The summed E-state index contributed by atoms with van der Waals surface area (Å²) in [5, 5.41) is 11.6. The van der Waals surface area contributed by atoms with Gasteiger partial charge in [-0.25, -0.2) is 0 Å². The highest BCUT2D eigenvalue weighted by molar-refractivity contribution is 5.93. The Morgan fingerprint density at radius 3 is 2.37 bits per heavy atom. The molecule has 30 heavy (non-hydrogen) atoms. The van der Waals surface area contributed by atoms with Crippen molar-refractivity contribution in [3.05, 3.63) is 69.3 Å². The van der Waals surface area contributed by atoms with Crippen LogP contribution in [0.3, 0.4) is 0 Å². The SMILES string of the molecule is Cc1ccc(N(CC(=O)N2CCCCC2)Cc2ccc(C(N)=O)cc2[N+](=O)[O-])cc1. The van der Waals surface area contributed by atoms with E-state index in [4.69, 9.17) is 5.73 Å². The summed E-state index contributed by atoms with van der Waals surface area (Å²) in [7, 11) is 0. The first-order valence-electron chi connectivity index (χ1n) is 10.0. The molecule has 1 saturated heterocycles. The fourth-order valence-electron chi connectivity index (χ4n) is 3.63. The second kappa shape index (κ2) is 9.39. The topological polar surface area (TPSA) is 110 Å². The minimum Gasteiger partial charge on any atom is -0.366 e. The summed E-state index contributed by atoms with van der Waals surface area (Å²) in [6.45, 7) is 3.75. The highest BCUT2D eigenvalue weighted by atomic mass is 16.6. The van der Waals surface area contributed by atoms with Crippen LogP contribution in [0.5, 0.6) is 0 Å². The molecule has 0 aromatic heterocycles. The van der Waals surface area contributed by atoms with Crippen molar-refractivity contribution in [1.29, 1.82) is 0 Å². The monoisotopic (exact) mass is 410 g/mol. The number of likely N-dealkylation sites (tertiary alicyclic amines) is 1. The fourth-order valence-corrected chi connectivity index (χ4v) is 3.63. The van der Waals surface area contributed by atoms with Crippen molar-refractivity contribution >= 4 is 23.2 Å². The van der Waals surface area contributed by atoms with Gasteiger partial charge in [0, 0.05) is 36.0 Å². The number of piperidine rings is 1. The van der Waals surface area contributed by atoms with E-state index >= 15 is 0 Å². The Bertz CT molecular complexity index is 937. The number of amides is 2. The molecule has 1 aliphatic rings. The number of carbonyl (C=O) groups is 2. The molecule has 0 saturated carbocycles. The summed E-state index contributed by atoms with van der Waals surface area (Å²) in [6.07, 6.45) is 3.12. The molecule has 158 valence electrons. The van der Waals surface area contributed by atoms with Crippen LogP contribution in [0, 0.1) is 17.0 Å². The normalized spacial score (nSPS) is 13.7. The van der Waals surface area contributed by atoms with Gasteiger partial charge < -0.3 is 15.5 Å². The summed E-state index contributed by atoms with van der Waals surface area (Å²) < 4.78 is 0. The molecule has 3 rings (SSSR count). The van der Waals surface area contributed by atoms with E-state index in [-0.39, 0.29) is 30.2 Å². The molecule has 2 aromatic carbocycles. The van der Waals surface area contributed by atoms with Crippen molar-refractivity contribution in [1.82, 2.24) is 4.90 Å². The second-order valence-corrected chi connectivity index (χ2v) is 7.60. The van der Waals surface area contributed by atoms with Crippen molar-refractivity contribution in [2.45, 2.75) is 32.7 Å². The first kappa shape index (κ1) is 21.3. The van der Waals surface area contributed by atoms with Gasteiger partial charge in [-0.3, -0.25) is 19.7 Å². The third kappa shape index (κ3) is 5.14. The van der Waals surface area contributed by atoms with Crippen molar-refractivity contribution in [2.24, 2.45) is 5.73 Å². The minimum atomic E-state index is -0.722. The first-order chi connectivity index (χ1) is 14.3. The van der Waals surface area contributed by atoms with E-state index in [1.807, 2.05) is 41.0 Å². The number of primary amides is 1. The maximum Gasteiger partial charge on any atom is 0.275 e. The van der Waals surface area contributed by atoms with Crippen molar-refractivity contribution < 1.29 is 14.5 Å². The third-order valence-electron chi connectivity index (χ3n) is 5.36. The number of hydrogen-bond acceptors (Lipinski definition) is 5. The maximum absolute atomic E-state index is 12.9.